The van der Waals surface area contributed by atoms with Crippen molar-refractivity contribution >= 4 is 41.3 Å². The molecule has 0 aliphatic rings. The number of thiazole rings is 1. The van der Waals surface area contributed by atoms with Gasteiger partial charge in [0.15, 0.2) is 5.96 Å². The number of aryl methyl sites for hydroxylation is 2. The summed E-state index contributed by atoms with van der Waals surface area (Å²) in [5.74, 6) is 0.717. The molecule has 0 aliphatic heterocycles. The smallest absolute Gasteiger partial charge is 0.387 e. The van der Waals surface area contributed by atoms with Crippen molar-refractivity contribution in [3.05, 3.63) is 45.4 Å². The molecule has 0 radical (unpaired) electrons. The number of halogens is 3. The maximum atomic E-state index is 12.4. The molecule has 0 unspecified atom stereocenters. The van der Waals surface area contributed by atoms with Gasteiger partial charge in [-0.1, -0.05) is 18.2 Å². The van der Waals surface area contributed by atoms with Gasteiger partial charge in [0.25, 0.3) is 0 Å². The molecule has 2 aromatic rings. The highest BCUT2D eigenvalue weighted by atomic mass is 127. The minimum atomic E-state index is -2.85. The van der Waals surface area contributed by atoms with Crippen LogP contribution in [0.4, 0.5) is 8.78 Å². The summed E-state index contributed by atoms with van der Waals surface area (Å²) >= 11 is 1.63. The average Bonchev–Trinajstić information content (AvgIpc) is 2.87. The van der Waals surface area contributed by atoms with E-state index in [-0.39, 0.29) is 29.7 Å². The first kappa shape index (κ1) is 21.6. The number of hydrogen-bond acceptors (Lipinski definition) is 4. The molecule has 1 aromatic carbocycles. The monoisotopic (exact) mass is 482 g/mol. The number of alkyl halides is 2. The molecule has 138 valence electrons. The van der Waals surface area contributed by atoms with Gasteiger partial charge in [-0.05, 0) is 19.9 Å². The zero-order valence-corrected chi connectivity index (χ0v) is 17.3. The molecule has 0 aliphatic carbocycles. The van der Waals surface area contributed by atoms with Crippen molar-refractivity contribution in [1.82, 2.24) is 15.6 Å². The van der Waals surface area contributed by atoms with Crippen molar-refractivity contribution in [3.8, 4) is 5.75 Å². The lowest BCUT2D eigenvalue weighted by Gasteiger charge is -2.14. The molecule has 1 heterocycles. The van der Waals surface area contributed by atoms with Gasteiger partial charge >= 0.3 is 6.61 Å². The Bertz CT molecular complexity index is 690. The fourth-order valence-electron chi connectivity index (χ4n) is 2.03. The molecule has 5 nitrogen and oxygen atoms in total. The third-order valence-electron chi connectivity index (χ3n) is 3.34. The first-order valence-corrected chi connectivity index (χ1v) is 8.21. The Morgan fingerprint density at radius 1 is 1.24 bits per heavy atom. The van der Waals surface area contributed by atoms with Crippen LogP contribution >= 0.6 is 35.3 Å². The summed E-state index contributed by atoms with van der Waals surface area (Å²) in [6.07, 6.45) is 0. The minimum absolute atomic E-state index is 0. The molecule has 9 heteroatoms. The summed E-state index contributed by atoms with van der Waals surface area (Å²) in [4.78, 5) is 9.76. The van der Waals surface area contributed by atoms with Crippen molar-refractivity contribution in [2.24, 2.45) is 4.99 Å². The normalized spacial score (nSPS) is 11.2. The van der Waals surface area contributed by atoms with Crippen LogP contribution in [0, 0.1) is 13.8 Å². The van der Waals surface area contributed by atoms with Gasteiger partial charge < -0.3 is 15.4 Å². The average molecular weight is 482 g/mol. The number of aliphatic imine (C=N–C) groups is 1. The second-order valence-corrected chi connectivity index (χ2v) is 6.30. The molecular weight excluding hydrogens is 461 g/mol. The summed E-state index contributed by atoms with van der Waals surface area (Å²) in [7, 11) is 1.65. The Morgan fingerprint density at radius 3 is 2.52 bits per heavy atom. The Hall–Kier alpha value is -1.49. The van der Waals surface area contributed by atoms with Gasteiger partial charge in [-0.2, -0.15) is 8.78 Å². The Labute approximate surface area is 166 Å². The van der Waals surface area contributed by atoms with Crippen LogP contribution < -0.4 is 15.4 Å². The van der Waals surface area contributed by atoms with E-state index in [0.29, 0.717) is 24.6 Å². The van der Waals surface area contributed by atoms with E-state index in [0.717, 1.165) is 10.7 Å². The number of para-hydroxylation sites is 1. The van der Waals surface area contributed by atoms with E-state index in [4.69, 9.17) is 0 Å². The van der Waals surface area contributed by atoms with E-state index in [2.05, 4.69) is 25.3 Å². The molecule has 1 aromatic heterocycles. The largest absolute Gasteiger partial charge is 0.434 e. The van der Waals surface area contributed by atoms with E-state index in [1.807, 2.05) is 13.8 Å². The Morgan fingerprint density at radius 2 is 1.92 bits per heavy atom. The van der Waals surface area contributed by atoms with Gasteiger partial charge in [-0.3, -0.25) is 4.99 Å². The number of benzene rings is 1. The van der Waals surface area contributed by atoms with E-state index in [9.17, 15) is 8.78 Å². The fourth-order valence-corrected chi connectivity index (χ4v) is 2.91. The molecule has 2 N–H and O–H groups in total. The van der Waals surface area contributed by atoms with Crippen molar-refractivity contribution in [3.63, 3.8) is 0 Å². The van der Waals surface area contributed by atoms with Gasteiger partial charge in [-0.25, -0.2) is 4.98 Å². The number of rotatable bonds is 6. The molecule has 0 amide bonds. The summed E-state index contributed by atoms with van der Waals surface area (Å²) in [5, 5.41) is 7.20. The number of guanidine groups is 1. The summed E-state index contributed by atoms with van der Waals surface area (Å²) < 4.78 is 29.4. The first-order chi connectivity index (χ1) is 11.5. The van der Waals surface area contributed by atoms with E-state index in [1.54, 1.807) is 36.6 Å². The van der Waals surface area contributed by atoms with Crippen molar-refractivity contribution in [2.45, 2.75) is 33.5 Å². The van der Waals surface area contributed by atoms with Crippen LogP contribution in [0.25, 0.3) is 0 Å². The highest BCUT2D eigenvalue weighted by Crippen LogP contribution is 2.20. The van der Waals surface area contributed by atoms with Crippen LogP contribution in [0.1, 0.15) is 21.1 Å². The predicted octanol–water partition coefficient (Wildman–Crippen LogP) is 3.84. The number of nitrogens with one attached hydrogen (secondary N) is 2. The second-order valence-electron chi connectivity index (χ2n) is 5.01. The summed E-state index contributed by atoms with van der Waals surface area (Å²) in [6, 6.07) is 6.67. The van der Waals surface area contributed by atoms with Crippen molar-refractivity contribution in [1.29, 1.82) is 0 Å². The Kier molecular flexibility index (Phi) is 9.04. The lowest BCUT2D eigenvalue weighted by Crippen LogP contribution is -2.36. The van der Waals surface area contributed by atoms with Crippen LogP contribution in [-0.2, 0) is 13.1 Å². The standard InChI is InChI=1S/C16H20F2N4OS.HI/c1-10-11(2)24-14(22-10)9-21-16(19-3)20-8-12-6-4-5-7-13(12)23-15(17)18;/h4-7,15H,8-9H2,1-3H3,(H2,19,20,21);1H. The van der Waals surface area contributed by atoms with Gasteiger partial charge in [0.05, 0.1) is 12.2 Å². The third-order valence-corrected chi connectivity index (χ3v) is 4.41. The maximum Gasteiger partial charge on any atom is 0.387 e. The zero-order valence-electron chi connectivity index (χ0n) is 14.2. The predicted molar refractivity (Wildman–Crippen MR) is 107 cm³/mol. The van der Waals surface area contributed by atoms with Gasteiger partial charge in [0.1, 0.15) is 10.8 Å². The second kappa shape index (κ2) is 10.5. The fraction of sp³-hybridized carbons (Fsp3) is 0.375. The molecule has 0 saturated carbocycles. The molecular formula is C16H21F2IN4OS. The SMILES string of the molecule is CN=C(NCc1nc(C)c(C)s1)NCc1ccccc1OC(F)F.I. The lowest BCUT2D eigenvalue weighted by atomic mass is 10.2. The van der Waals surface area contributed by atoms with Gasteiger partial charge in [-0.15, -0.1) is 35.3 Å². The molecule has 0 atom stereocenters. The van der Waals surface area contributed by atoms with Gasteiger partial charge in [0, 0.05) is 24.0 Å². The van der Waals surface area contributed by atoms with Crippen LogP contribution in [0.3, 0.4) is 0 Å². The molecule has 0 fully saturated rings. The topological polar surface area (TPSA) is 58.5 Å². The maximum absolute atomic E-state index is 12.4. The number of hydrogen-bond donors (Lipinski definition) is 2. The molecule has 0 saturated heterocycles. The number of ether oxygens (including phenoxy) is 1. The highest BCUT2D eigenvalue weighted by molar-refractivity contribution is 14.0. The first-order valence-electron chi connectivity index (χ1n) is 7.39. The third kappa shape index (κ3) is 6.73. The summed E-state index contributed by atoms with van der Waals surface area (Å²) in [6.45, 7) is 2.03. The highest BCUT2D eigenvalue weighted by Gasteiger charge is 2.10. The van der Waals surface area contributed by atoms with E-state index >= 15 is 0 Å². The quantitative estimate of drug-likeness (QED) is 0.373. The zero-order chi connectivity index (χ0) is 17.5. The van der Waals surface area contributed by atoms with Crippen LogP contribution in [0.2, 0.25) is 0 Å². The lowest BCUT2D eigenvalue weighted by molar-refractivity contribution is -0.0504. The molecule has 0 bridgehead atoms. The van der Waals surface area contributed by atoms with Crippen molar-refractivity contribution < 1.29 is 13.5 Å². The number of aromatic nitrogens is 1. The Balaban J connectivity index is 0.00000312. The number of nitrogens with zero attached hydrogens (tertiary/aromatic N) is 2. The van der Waals surface area contributed by atoms with Crippen molar-refractivity contribution in [2.75, 3.05) is 7.05 Å². The molecule has 0 spiro atoms. The summed E-state index contributed by atoms with van der Waals surface area (Å²) in [5.41, 5.74) is 1.65. The van der Waals surface area contributed by atoms with Crippen LogP contribution in [0.15, 0.2) is 29.3 Å². The molecule has 25 heavy (non-hydrogen) atoms. The minimum Gasteiger partial charge on any atom is -0.434 e. The van der Waals surface area contributed by atoms with Crippen LogP contribution in [0.5, 0.6) is 5.75 Å². The van der Waals surface area contributed by atoms with Gasteiger partial charge in [0.2, 0.25) is 0 Å². The van der Waals surface area contributed by atoms with Crippen LogP contribution in [-0.4, -0.2) is 24.6 Å². The molecule has 2 rings (SSSR count). The van der Waals surface area contributed by atoms with E-state index in [1.165, 1.54) is 10.9 Å². The van der Waals surface area contributed by atoms with E-state index < -0.39 is 6.61 Å².